The number of aromatic nitrogens is 4. The number of rotatable bonds is 2. The van der Waals surface area contributed by atoms with Crippen molar-refractivity contribution in [3.8, 4) is 0 Å². The smallest absolute Gasteiger partial charge is 0.183 e. The summed E-state index contributed by atoms with van der Waals surface area (Å²) in [4.78, 5) is 20.7. The Balaban J connectivity index is 1.55. The molecule has 2 bridgehead atoms. The van der Waals surface area contributed by atoms with Crippen molar-refractivity contribution in [3.63, 3.8) is 0 Å². The first kappa shape index (κ1) is 12.4. The lowest BCUT2D eigenvalue weighted by Gasteiger charge is -2.57. The summed E-state index contributed by atoms with van der Waals surface area (Å²) in [6.07, 6.45) is 5.48. The number of piperazine rings is 1. The average Bonchev–Trinajstić information content (AvgIpc) is 2.49. The molecule has 2 atom stereocenters. The summed E-state index contributed by atoms with van der Waals surface area (Å²) in [5.74, 6) is 1.79. The van der Waals surface area contributed by atoms with Gasteiger partial charge >= 0.3 is 0 Å². The summed E-state index contributed by atoms with van der Waals surface area (Å²) in [5, 5.41) is 0. The highest BCUT2D eigenvalue weighted by molar-refractivity contribution is 5.52. The van der Waals surface area contributed by atoms with Crippen LogP contribution in [0.1, 0.15) is 12.2 Å². The second-order valence-electron chi connectivity index (χ2n) is 5.51. The molecule has 0 saturated carbocycles. The third-order valence-corrected chi connectivity index (χ3v) is 4.17. The van der Waals surface area contributed by atoms with E-state index >= 15 is 0 Å². The number of fused-ring (bicyclic) bond motifs is 2. The molecule has 0 N–H and O–H groups in total. The van der Waals surface area contributed by atoms with Crippen LogP contribution in [-0.2, 0) is 0 Å². The minimum atomic E-state index is -0.349. The molecule has 2 unspecified atom stereocenters. The Hall–Kier alpha value is -2.31. The topological polar surface area (TPSA) is 58.0 Å². The molecule has 3 aliphatic rings. The van der Waals surface area contributed by atoms with Crippen LogP contribution in [0.2, 0.25) is 0 Å². The van der Waals surface area contributed by atoms with Crippen LogP contribution >= 0.6 is 0 Å². The highest BCUT2D eigenvalue weighted by atomic mass is 19.1. The monoisotopic (exact) mass is 286 g/mol. The number of aryl methyl sites for hydroxylation is 1. The summed E-state index contributed by atoms with van der Waals surface area (Å²) in [5.41, 5.74) is 0. The average molecular weight is 286 g/mol. The van der Waals surface area contributed by atoms with Gasteiger partial charge in [-0.1, -0.05) is 0 Å². The number of hydrogen-bond acceptors (Lipinski definition) is 6. The predicted molar refractivity (Wildman–Crippen MR) is 75.6 cm³/mol. The second-order valence-corrected chi connectivity index (χ2v) is 5.51. The molecule has 3 saturated heterocycles. The molecule has 0 aliphatic carbocycles. The molecule has 2 aromatic rings. The zero-order valence-corrected chi connectivity index (χ0v) is 11.6. The third kappa shape index (κ3) is 2.00. The Morgan fingerprint density at radius 2 is 2.05 bits per heavy atom. The molecule has 0 aromatic carbocycles. The Bertz CT molecular complexity index is 666. The molecule has 3 fully saturated rings. The Morgan fingerprint density at radius 3 is 2.76 bits per heavy atom. The molecular weight excluding hydrogens is 271 g/mol. The molecular formula is C14H15FN6. The van der Waals surface area contributed by atoms with Crippen LogP contribution in [0.25, 0.3) is 0 Å². The van der Waals surface area contributed by atoms with E-state index in [0.717, 1.165) is 31.2 Å². The fourth-order valence-electron chi connectivity index (χ4n) is 3.26. The molecule has 3 aliphatic heterocycles. The van der Waals surface area contributed by atoms with Gasteiger partial charge in [-0.3, -0.25) is 0 Å². The van der Waals surface area contributed by atoms with Crippen LogP contribution < -0.4 is 9.80 Å². The lowest BCUT2D eigenvalue weighted by Crippen LogP contribution is -2.69. The maximum Gasteiger partial charge on any atom is 0.183 e. The standard InChI is InChI=1S/C14H15FN6/c1-9-17-3-2-13(19-9)20-6-10-4-11(7-20)21(10)14-12(15)5-16-8-18-14/h2-3,5,8,10-11H,4,6-7H2,1H3. The van der Waals surface area contributed by atoms with Crippen LogP contribution in [-0.4, -0.2) is 45.1 Å². The van der Waals surface area contributed by atoms with E-state index in [1.165, 1.54) is 12.5 Å². The molecule has 7 heteroatoms. The lowest BCUT2D eigenvalue weighted by molar-refractivity contribution is 0.284. The van der Waals surface area contributed by atoms with Gasteiger partial charge in [0.25, 0.3) is 0 Å². The van der Waals surface area contributed by atoms with Gasteiger partial charge in [0, 0.05) is 19.3 Å². The quantitative estimate of drug-likeness (QED) is 0.826. The van der Waals surface area contributed by atoms with Crippen LogP contribution in [0.4, 0.5) is 16.0 Å². The first-order chi connectivity index (χ1) is 10.2. The molecule has 108 valence electrons. The summed E-state index contributed by atoms with van der Waals surface area (Å²) < 4.78 is 13.8. The van der Waals surface area contributed by atoms with Crippen molar-refractivity contribution in [2.45, 2.75) is 25.4 Å². The molecule has 0 amide bonds. The van der Waals surface area contributed by atoms with E-state index in [-0.39, 0.29) is 17.9 Å². The normalized spacial score (nSPS) is 23.9. The number of anilines is 2. The molecule has 21 heavy (non-hydrogen) atoms. The van der Waals surface area contributed by atoms with Crippen LogP contribution in [0.3, 0.4) is 0 Å². The van der Waals surface area contributed by atoms with E-state index in [4.69, 9.17) is 0 Å². The van der Waals surface area contributed by atoms with Crippen molar-refractivity contribution in [2.24, 2.45) is 0 Å². The summed E-state index contributed by atoms with van der Waals surface area (Å²) in [6.45, 7) is 3.55. The minimum Gasteiger partial charge on any atom is -0.352 e. The largest absolute Gasteiger partial charge is 0.352 e. The molecule has 0 radical (unpaired) electrons. The molecule has 0 spiro atoms. The van der Waals surface area contributed by atoms with E-state index in [1.807, 2.05) is 13.0 Å². The molecule has 5 heterocycles. The lowest BCUT2D eigenvalue weighted by atomic mass is 9.87. The van der Waals surface area contributed by atoms with Crippen molar-refractivity contribution in [1.29, 1.82) is 0 Å². The Labute approximate surface area is 121 Å². The highest BCUT2D eigenvalue weighted by Crippen LogP contribution is 2.37. The fourth-order valence-corrected chi connectivity index (χ4v) is 3.26. The number of nitrogens with zero attached hydrogens (tertiary/aromatic N) is 6. The van der Waals surface area contributed by atoms with Gasteiger partial charge in [0.2, 0.25) is 0 Å². The van der Waals surface area contributed by atoms with Crippen molar-refractivity contribution < 1.29 is 4.39 Å². The van der Waals surface area contributed by atoms with Crippen LogP contribution in [0.15, 0.2) is 24.8 Å². The van der Waals surface area contributed by atoms with Crippen molar-refractivity contribution in [1.82, 2.24) is 19.9 Å². The van der Waals surface area contributed by atoms with Crippen LogP contribution in [0, 0.1) is 12.7 Å². The minimum absolute atomic E-state index is 0.281. The van der Waals surface area contributed by atoms with E-state index in [0.29, 0.717) is 5.82 Å². The molecule has 2 aromatic heterocycles. The highest BCUT2D eigenvalue weighted by Gasteiger charge is 2.46. The first-order valence-electron chi connectivity index (χ1n) is 7.01. The van der Waals surface area contributed by atoms with E-state index in [9.17, 15) is 4.39 Å². The van der Waals surface area contributed by atoms with E-state index < -0.39 is 0 Å². The Morgan fingerprint density at radius 1 is 1.24 bits per heavy atom. The van der Waals surface area contributed by atoms with Gasteiger partial charge in [-0.2, -0.15) is 0 Å². The zero-order chi connectivity index (χ0) is 14.4. The first-order valence-corrected chi connectivity index (χ1v) is 7.01. The Kier molecular flexibility index (Phi) is 2.73. The fraction of sp³-hybridized carbons (Fsp3) is 0.429. The molecule has 5 rings (SSSR count). The van der Waals surface area contributed by atoms with E-state index in [1.54, 1.807) is 6.20 Å². The maximum absolute atomic E-state index is 13.8. The molecule has 6 nitrogen and oxygen atoms in total. The SMILES string of the molecule is Cc1nccc(N2CC3CC(C2)N3c2ncncc2F)n1. The number of piperidine rings is 1. The van der Waals surface area contributed by atoms with Gasteiger partial charge in [-0.05, 0) is 19.4 Å². The van der Waals surface area contributed by atoms with Gasteiger partial charge in [0.05, 0.1) is 18.3 Å². The number of halogens is 1. The summed E-state index contributed by atoms with van der Waals surface area (Å²) >= 11 is 0. The predicted octanol–water partition coefficient (Wildman–Crippen LogP) is 1.18. The van der Waals surface area contributed by atoms with Gasteiger partial charge in [0.15, 0.2) is 11.6 Å². The summed E-state index contributed by atoms with van der Waals surface area (Å²) in [7, 11) is 0. The maximum atomic E-state index is 13.8. The van der Waals surface area contributed by atoms with Crippen molar-refractivity contribution in [3.05, 3.63) is 36.4 Å². The number of hydrogen-bond donors (Lipinski definition) is 0. The van der Waals surface area contributed by atoms with Gasteiger partial charge in [-0.25, -0.2) is 24.3 Å². The van der Waals surface area contributed by atoms with Gasteiger partial charge < -0.3 is 9.80 Å². The third-order valence-electron chi connectivity index (χ3n) is 4.17. The summed E-state index contributed by atoms with van der Waals surface area (Å²) in [6, 6.07) is 2.49. The van der Waals surface area contributed by atoms with Crippen LogP contribution in [0.5, 0.6) is 0 Å². The van der Waals surface area contributed by atoms with Gasteiger partial charge in [-0.15, -0.1) is 0 Å². The zero-order valence-electron chi connectivity index (χ0n) is 11.6. The van der Waals surface area contributed by atoms with Crippen molar-refractivity contribution >= 4 is 11.6 Å². The van der Waals surface area contributed by atoms with Crippen molar-refractivity contribution in [2.75, 3.05) is 22.9 Å². The van der Waals surface area contributed by atoms with E-state index in [2.05, 4.69) is 29.7 Å². The second kappa shape index (κ2) is 4.61. The van der Waals surface area contributed by atoms with Gasteiger partial charge in [0.1, 0.15) is 18.0 Å².